The van der Waals surface area contributed by atoms with E-state index < -0.39 is 29.8 Å². The highest BCUT2D eigenvalue weighted by Crippen LogP contribution is 2.04. The predicted octanol–water partition coefficient (Wildman–Crippen LogP) is 0.637. The fraction of sp³-hybridized carbons (Fsp3) is 0.571. The Kier molecular flexibility index (Phi) is 12.3. The van der Waals surface area contributed by atoms with E-state index in [9.17, 15) is 19.2 Å². The summed E-state index contributed by atoms with van der Waals surface area (Å²) in [7, 11) is 5.04. The molecule has 0 fully saturated rings. The molecular formula is C14H22O8. The Morgan fingerprint density at radius 2 is 1.36 bits per heavy atom. The second-order valence-electron chi connectivity index (χ2n) is 4.05. The van der Waals surface area contributed by atoms with Gasteiger partial charge >= 0.3 is 23.9 Å². The van der Waals surface area contributed by atoms with Crippen molar-refractivity contribution in [2.75, 3.05) is 28.4 Å². The van der Waals surface area contributed by atoms with Crippen LogP contribution in [0.25, 0.3) is 0 Å². The van der Waals surface area contributed by atoms with Gasteiger partial charge < -0.3 is 18.9 Å². The van der Waals surface area contributed by atoms with Gasteiger partial charge in [0.2, 0.25) is 0 Å². The zero-order valence-corrected chi connectivity index (χ0v) is 13.5. The molecule has 0 aromatic heterocycles. The van der Waals surface area contributed by atoms with Gasteiger partial charge in [-0.3, -0.25) is 14.4 Å². The van der Waals surface area contributed by atoms with Crippen molar-refractivity contribution in [1.29, 1.82) is 0 Å². The molecule has 1 unspecified atom stereocenters. The van der Waals surface area contributed by atoms with Crippen LogP contribution in [-0.4, -0.2) is 52.3 Å². The van der Waals surface area contributed by atoms with Gasteiger partial charge in [0, 0.05) is 5.57 Å². The summed E-state index contributed by atoms with van der Waals surface area (Å²) in [6, 6.07) is 0. The molecular weight excluding hydrogens is 296 g/mol. The van der Waals surface area contributed by atoms with Gasteiger partial charge in [0.15, 0.2) is 0 Å². The first-order valence-electron chi connectivity index (χ1n) is 6.20. The van der Waals surface area contributed by atoms with Gasteiger partial charge in [0.05, 0.1) is 47.2 Å². The minimum Gasteiger partial charge on any atom is -0.469 e. The number of hydrogen-bond acceptors (Lipinski definition) is 8. The first kappa shape index (κ1) is 21.9. The normalized spacial score (nSPS) is 10.2. The number of ether oxygens (including phenoxy) is 4. The number of carbonyl (C=O) groups excluding carboxylic acids is 4. The second-order valence-corrected chi connectivity index (χ2v) is 4.05. The monoisotopic (exact) mass is 318 g/mol. The van der Waals surface area contributed by atoms with Crippen molar-refractivity contribution in [3.63, 3.8) is 0 Å². The van der Waals surface area contributed by atoms with Crippen molar-refractivity contribution in [3.05, 3.63) is 12.2 Å². The number of carbonyl (C=O) groups is 4. The molecule has 126 valence electrons. The number of esters is 4. The van der Waals surface area contributed by atoms with Gasteiger partial charge in [-0.1, -0.05) is 13.5 Å². The fourth-order valence-corrected chi connectivity index (χ4v) is 1.08. The molecule has 0 saturated heterocycles. The third kappa shape index (κ3) is 10.4. The van der Waals surface area contributed by atoms with Gasteiger partial charge in [-0.05, 0) is 0 Å². The van der Waals surface area contributed by atoms with Gasteiger partial charge in [0.1, 0.15) is 0 Å². The van der Waals surface area contributed by atoms with E-state index in [1.54, 1.807) is 6.92 Å². The number of methoxy groups -OCH3 is 4. The van der Waals surface area contributed by atoms with E-state index in [2.05, 4.69) is 25.5 Å². The van der Waals surface area contributed by atoms with Gasteiger partial charge in [-0.25, -0.2) is 4.79 Å². The fourth-order valence-electron chi connectivity index (χ4n) is 1.08. The molecule has 0 spiro atoms. The molecule has 0 aliphatic rings. The van der Waals surface area contributed by atoms with Crippen LogP contribution in [0.3, 0.4) is 0 Å². The van der Waals surface area contributed by atoms with Crippen LogP contribution in [0.2, 0.25) is 0 Å². The Morgan fingerprint density at radius 3 is 1.73 bits per heavy atom. The molecule has 8 nitrogen and oxygen atoms in total. The molecule has 1 atom stereocenters. The van der Waals surface area contributed by atoms with Crippen LogP contribution < -0.4 is 0 Å². The van der Waals surface area contributed by atoms with Crippen molar-refractivity contribution < 1.29 is 38.1 Å². The van der Waals surface area contributed by atoms with Crippen LogP contribution >= 0.6 is 0 Å². The summed E-state index contributed by atoms with van der Waals surface area (Å²) < 4.78 is 17.4. The highest BCUT2D eigenvalue weighted by Gasteiger charge is 2.17. The lowest BCUT2D eigenvalue weighted by Gasteiger charge is -2.05. The average Bonchev–Trinajstić information content (AvgIpc) is 2.52. The van der Waals surface area contributed by atoms with Gasteiger partial charge in [-0.15, -0.1) is 0 Å². The Balaban J connectivity index is 0. The first-order valence-corrected chi connectivity index (χ1v) is 6.20. The first-order chi connectivity index (χ1) is 10.2. The van der Waals surface area contributed by atoms with E-state index in [4.69, 9.17) is 0 Å². The van der Waals surface area contributed by atoms with E-state index in [-0.39, 0.29) is 18.4 Å². The van der Waals surface area contributed by atoms with E-state index in [1.165, 1.54) is 28.4 Å². The highest BCUT2D eigenvalue weighted by molar-refractivity contribution is 5.93. The summed E-state index contributed by atoms with van der Waals surface area (Å²) in [4.78, 5) is 42.5. The number of rotatable bonds is 6. The summed E-state index contributed by atoms with van der Waals surface area (Å²) >= 11 is 0. The minimum atomic E-state index is -0.588. The van der Waals surface area contributed by atoms with E-state index in [1.807, 2.05) is 0 Å². The average molecular weight is 318 g/mol. The summed E-state index contributed by atoms with van der Waals surface area (Å²) in [5.41, 5.74) is 0.0966. The van der Waals surface area contributed by atoms with Crippen molar-refractivity contribution in [2.45, 2.75) is 19.8 Å². The molecule has 0 bridgehead atoms. The zero-order chi connectivity index (χ0) is 17.7. The van der Waals surface area contributed by atoms with E-state index in [0.717, 1.165) is 0 Å². The van der Waals surface area contributed by atoms with Crippen LogP contribution in [0.15, 0.2) is 12.2 Å². The van der Waals surface area contributed by atoms with Crippen LogP contribution in [0, 0.1) is 5.92 Å². The van der Waals surface area contributed by atoms with Crippen LogP contribution in [0.4, 0.5) is 0 Å². The third-order valence-electron chi connectivity index (χ3n) is 2.36. The van der Waals surface area contributed by atoms with Crippen molar-refractivity contribution in [2.24, 2.45) is 5.92 Å². The molecule has 8 heteroatoms. The largest absolute Gasteiger partial charge is 0.469 e. The quantitative estimate of drug-likeness (QED) is 0.399. The summed E-state index contributed by atoms with van der Waals surface area (Å²) in [6.07, 6.45) is -0.0493. The molecule has 0 aliphatic heterocycles. The molecule has 0 aromatic carbocycles. The highest BCUT2D eigenvalue weighted by atomic mass is 16.5. The lowest BCUT2D eigenvalue weighted by molar-refractivity contribution is -0.151. The Labute approximate surface area is 129 Å². The molecule has 0 aliphatic carbocycles. The van der Waals surface area contributed by atoms with E-state index >= 15 is 0 Å². The zero-order valence-electron chi connectivity index (χ0n) is 13.5. The van der Waals surface area contributed by atoms with Crippen molar-refractivity contribution >= 4 is 23.9 Å². The predicted molar refractivity (Wildman–Crippen MR) is 75.6 cm³/mol. The molecule has 0 heterocycles. The third-order valence-corrected chi connectivity index (χ3v) is 2.36. The van der Waals surface area contributed by atoms with Crippen molar-refractivity contribution in [3.8, 4) is 0 Å². The van der Waals surface area contributed by atoms with Crippen LogP contribution in [0.5, 0.6) is 0 Å². The maximum atomic E-state index is 10.7. The smallest absolute Gasteiger partial charge is 0.333 e. The SMILES string of the molecule is C=C(CC(=O)OC)C(=O)OC.COC(=O)CC(C)C(=O)OC. The summed E-state index contributed by atoms with van der Waals surface area (Å²) in [6.45, 7) is 4.95. The second kappa shape index (κ2) is 12.4. The lowest BCUT2D eigenvalue weighted by atomic mass is 10.1. The Morgan fingerprint density at radius 1 is 0.864 bits per heavy atom. The molecule has 0 aromatic rings. The maximum Gasteiger partial charge on any atom is 0.333 e. The summed E-state index contributed by atoms with van der Waals surface area (Å²) in [5, 5.41) is 0. The minimum absolute atomic E-state index is 0.0726. The molecule has 0 amide bonds. The molecule has 0 saturated carbocycles. The standard InChI is InChI=1S/C7H12O4.C7H10O4/c2*1-5(7(9)11-3)4-6(8)10-2/h5H,4H2,1-3H3;1,4H2,2-3H3. The number of hydrogen-bond donors (Lipinski definition) is 0. The Bertz CT molecular complexity index is 413. The van der Waals surface area contributed by atoms with Gasteiger partial charge in [0.25, 0.3) is 0 Å². The molecule has 0 N–H and O–H groups in total. The Hall–Kier alpha value is -2.38. The van der Waals surface area contributed by atoms with Crippen LogP contribution in [-0.2, 0) is 38.1 Å². The molecule has 22 heavy (non-hydrogen) atoms. The van der Waals surface area contributed by atoms with E-state index in [0.29, 0.717) is 0 Å². The molecule has 0 rings (SSSR count). The lowest BCUT2D eigenvalue weighted by Crippen LogP contribution is -2.17. The summed E-state index contributed by atoms with van der Waals surface area (Å²) in [5.74, 6) is -2.30. The van der Waals surface area contributed by atoms with Crippen molar-refractivity contribution in [1.82, 2.24) is 0 Å². The molecule has 0 radical (unpaired) electrons. The maximum absolute atomic E-state index is 10.7. The topological polar surface area (TPSA) is 105 Å². The van der Waals surface area contributed by atoms with Crippen LogP contribution in [0.1, 0.15) is 19.8 Å². The van der Waals surface area contributed by atoms with Gasteiger partial charge in [-0.2, -0.15) is 0 Å².